The molecule has 1 aromatic rings. The van der Waals surface area contributed by atoms with Crippen LogP contribution in [0.4, 0.5) is 11.4 Å². The summed E-state index contributed by atoms with van der Waals surface area (Å²) in [5, 5.41) is 2.64. The van der Waals surface area contributed by atoms with Crippen LogP contribution >= 0.6 is 0 Å². The van der Waals surface area contributed by atoms with Crippen LogP contribution in [-0.4, -0.2) is 33.8 Å². The van der Waals surface area contributed by atoms with Crippen molar-refractivity contribution in [3.05, 3.63) is 24.3 Å². The average Bonchev–Trinajstić information content (AvgIpc) is 2.28. The van der Waals surface area contributed by atoms with Crippen molar-refractivity contribution in [3.63, 3.8) is 0 Å². The molecule has 0 saturated heterocycles. The van der Waals surface area contributed by atoms with Crippen LogP contribution in [0.1, 0.15) is 6.92 Å². The lowest BCUT2D eigenvalue weighted by Gasteiger charge is -2.11. The summed E-state index contributed by atoms with van der Waals surface area (Å²) in [6, 6.07) is 6.34. The Labute approximate surface area is 106 Å². The molecule has 100 valence electrons. The van der Waals surface area contributed by atoms with Gasteiger partial charge in [-0.05, 0) is 31.2 Å². The van der Waals surface area contributed by atoms with E-state index in [-0.39, 0.29) is 5.91 Å². The first kappa shape index (κ1) is 14.5. The number of hydrogen-bond acceptors (Lipinski definition) is 4. The largest absolute Gasteiger partial charge is 0.372 e. The van der Waals surface area contributed by atoms with E-state index in [2.05, 4.69) is 10.0 Å². The van der Waals surface area contributed by atoms with Crippen LogP contribution in [0.3, 0.4) is 0 Å². The molecule has 0 fully saturated rings. The third-order valence-corrected chi connectivity index (χ3v) is 2.78. The predicted octanol–water partition coefficient (Wildman–Crippen LogP) is 1.03. The Balaban J connectivity index is 2.69. The second-order valence-electron chi connectivity index (χ2n) is 3.82. The SMILES string of the molecule is COC(C)C(=O)Nc1ccc(NS(C)(=O)=O)cc1. The predicted molar refractivity (Wildman–Crippen MR) is 70.0 cm³/mol. The molecule has 0 aliphatic carbocycles. The highest BCUT2D eigenvalue weighted by Crippen LogP contribution is 2.14. The van der Waals surface area contributed by atoms with Crippen molar-refractivity contribution in [2.24, 2.45) is 0 Å². The van der Waals surface area contributed by atoms with E-state index in [9.17, 15) is 13.2 Å². The molecule has 18 heavy (non-hydrogen) atoms. The Kier molecular flexibility index (Phi) is 4.69. The van der Waals surface area contributed by atoms with Gasteiger partial charge in [0, 0.05) is 18.5 Å². The van der Waals surface area contributed by atoms with Crippen LogP contribution in [0.15, 0.2) is 24.3 Å². The van der Waals surface area contributed by atoms with E-state index in [0.717, 1.165) is 6.26 Å². The van der Waals surface area contributed by atoms with E-state index in [4.69, 9.17) is 4.74 Å². The van der Waals surface area contributed by atoms with Crippen molar-refractivity contribution in [2.45, 2.75) is 13.0 Å². The molecule has 6 nitrogen and oxygen atoms in total. The first-order valence-corrected chi connectivity index (χ1v) is 7.12. The van der Waals surface area contributed by atoms with Gasteiger partial charge in [-0.15, -0.1) is 0 Å². The molecule has 0 spiro atoms. The van der Waals surface area contributed by atoms with Crippen molar-refractivity contribution >= 4 is 27.3 Å². The van der Waals surface area contributed by atoms with Gasteiger partial charge in [0.1, 0.15) is 6.10 Å². The fraction of sp³-hybridized carbons (Fsp3) is 0.364. The summed E-state index contributed by atoms with van der Waals surface area (Å²) in [5.41, 5.74) is 1.01. The third-order valence-electron chi connectivity index (χ3n) is 2.18. The summed E-state index contributed by atoms with van der Waals surface area (Å²) in [6.07, 6.45) is 0.530. The molecule has 0 aliphatic rings. The van der Waals surface area contributed by atoms with E-state index in [1.54, 1.807) is 31.2 Å². The van der Waals surface area contributed by atoms with Gasteiger partial charge >= 0.3 is 0 Å². The summed E-state index contributed by atoms with van der Waals surface area (Å²) >= 11 is 0. The third kappa shape index (κ3) is 4.72. The molecule has 1 aromatic carbocycles. The van der Waals surface area contributed by atoms with Gasteiger partial charge in [0.15, 0.2) is 0 Å². The molecule has 0 radical (unpaired) electrons. The maximum absolute atomic E-state index is 11.5. The van der Waals surface area contributed by atoms with Crippen LogP contribution in [0, 0.1) is 0 Å². The van der Waals surface area contributed by atoms with Gasteiger partial charge in [0.25, 0.3) is 5.91 Å². The molecule has 1 rings (SSSR count). The number of carbonyl (C=O) groups excluding carboxylic acids is 1. The zero-order valence-electron chi connectivity index (χ0n) is 10.4. The minimum Gasteiger partial charge on any atom is -0.372 e. The van der Waals surface area contributed by atoms with E-state index >= 15 is 0 Å². The topological polar surface area (TPSA) is 84.5 Å². The number of nitrogens with one attached hydrogen (secondary N) is 2. The fourth-order valence-corrected chi connectivity index (χ4v) is 1.75. The summed E-state index contributed by atoms with van der Waals surface area (Å²) in [5.74, 6) is -0.263. The molecule has 0 heterocycles. The summed E-state index contributed by atoms with van der Waals surface area (Å²) in [7, 11) is -1.84. The maximum atomic E-state index is 11.5. The highest BCUT2D eigenvalue weighted by atomic mass is 32.2. The van der Waals surface area contributed by atoms with Crippen molar-refractivity contribution in [3.8, 4) is 0 Å². The molecule has 1 atom stereocenters. The highest BCUT2D eigenvalue weighted by molar-refractivity contribution is 7.92. The van der Waals surface area contributed by atoms with Crippen molar-refractivity contribution in [1.29, 1.82) is 0 Å². The molecular formula is C11H16N2O4S. The van der Waals surface area contributed by atoms with Gasteiger partial charge < -0.3 is 10.1 Å². The van der Waals surface area contributed by atoms with Crippen molar-refractivity contribution < 1.29 is 17.9 Å². The number of hydrogen-bond donors (Lipinski definition) is 2. The molecule has 0 saturated carbocycles. The normalized spacial score (nSPS) is 12.8. The van der Waals surface area contributed by atoms with Gasteiger partial charge in [0.05, 0.1) is 6.26 Å². The van der Waals surface area contributed by atoms with E-state index < -0.39 is 16.1 Å². The van der Waals surface area contributed by atoms with Crippen LogP contribution in [0.5, 0.6) is 0 Å². The molecule has 1 amide bonds. The minimum atomic E-state index is -3.29. The fourth-order valence-electron chi connectivity index (χ4n) is 1.19. The number of carbonyl (C=O) groups is 1. The van der Waals surface area contributed by atoms with Gasteiger partial charge in [-0.2, -0.15) is 0 Å². The molecule has 1 unspecified atom stereocenters. The van der Waals surface area contributed by atoms with Gasteiger partial charge in [-0.25, -0.2) is 8.42 Å². The number of benzene rings is 1. The molecule has 0 aliphatic heterocycles. The quantitative estimate of drug-likeness (QED) is 0.838. The van der Waals surface area contributed by atoms with Crippen LogP contribution < -0.4 is 10.0 Å². The van der Waals surface area contributed by atoms with E-state index in [1.165, 1.54) is 7.11 Å². The number of anilines is 2. The zero-order valence-corrected chi connectivity index (χ0v) is 11.2. The number of ether oxygens (including phenoxy) is 1. The van der Waals surface area contributed by atoms with Gasteiger partial charge in [-0.1, -0.05) is 0 Å². The van der Waals surface area contributed by atoms with Crippen LogP contribution in [-0.2, 0) is 19.6 Å². The molecule has 0 aromatic heterocycles. The molecule has 7 heteroatoms. The number of amides is 1. The average molecular weight is 272 g/mol. The maximum Gasteiger partial charge on any atom is 0.253 e. The van der Waals surface area contributed by atoms with Crippen LogP contribution in [0.2, 0.25) is 0 Å². The first-order valence-electron chi connectivity index (χ1n) is 5.23. The number of methoxy groups -OCH3 is 1. The van der Waals surface area contributed by atoms with Gasteiger partial charge in [0.2, 0.25) is 10.0 Å². The summed E-state index contributed by atoms with van der Waals surface area (Å²) in [6.45, 7) is 1.63. The monoisotopic (exact) mass is 272 g/mol. The molecular weight excluding hydrogens is 256 g/mol. The van der Waals surface area contributed by atoms with Crippen molar-refractivity contribution in [1.82, 2.24) is 0 Å². The Morgan fingerprint density at radius 3 is 2.17 bits per heavy atom. The Morgan fingerprint density at radius 2 is 1.72 bits per heavy atom. The van der Waals surface area contributed by atoms with Crippen molar-refractivity contribution in [2.75, 3.05) is 23.4 Å². The zero-order chi connectivity index (χ0) is 13.8. The second-order valence-corrected chi connectivity index (χ2v) is 5.57. The Morgan fingerprint density at radius 1 is 1.22 bits per heavy atom. The smallest absolute Gasteiger partial charge is 0.253 e. The molecule has 0 bridgehead atoms. The summed E-state index contributed by atoms with van der Waals surface area (Å²) in [4.78, 5) is 11.5. The van der Waals surface area contributed by atoms with Crippen LogP contribution in [0.25, 0.3) is 0 Å². The van der Waals surface area contributed by atoms with E-state index in [1.807, 2.05) is 0 Å². The first-order chi connectivity index (χ1) is 8.31. The Bertz CT molecular complexity index is 510. The van der Waals surface area contributed by atoms with Gasteiger partial charge in [-0.3, -0.25) is 9.52 Å². The lowest BCUT2D eigenvalue weighted by atomic mass is 10.2. The lowest BCUT2D eigenvalue weighted by molar-refractivity contribution is -0.124. The highest BCUT2D eigenvalue weighted by Gasteiger charge is 2.11. The Hall–Kier alpha value is -1.60. The van der Waals surface area contributed by atoms with E-state index in [0.29, 0.717) is 11.4 Å². The second kappa shape index (κ2) is 5.83. The number of sulfonamides is 1. The number of rotatable bonds is 5. The molecule has 2 N–H and O–H groups in total. The standard InChI is InChI=1S/C11H16N2O4S/c1-8(17-2)11(14)12-9-4-6-10(7-5-9)13-18(3,15)16/h4-8,13H,1-3H3,(H,12,14). The minimum absolute atomic E-state index is 0.263. The summed E-state index contributed by atoms with van der Waals surface area (Å²) < 4.78 is 29.2. The lowest BCUT2D eigenvalue weighted by Crippen LogP contribution is -2.26.